The van der Waals surface area contributed by atoms with Gasteiger partial charge >= 0.3 is 5.97 Å². The molecule has 0 aromatic heterocycles. The average molecular weight is 180 g/mol. The van der Waals surface area contributed by atoms with Crippen molar-refractivity contribution in [2.75, 3.05) is 13.7 Å². The molecule has 1 aliphatic carbocycles. The Morgan fingerprint density at radius 1 is 1.67 bits per heavy atom. The molecule has 3 nitrogen and oxygen atoms in total. The first-order valence-electron chi connectivity index (χ1n) is 3.56. The number of rotatable bonds is 4. The molecule has 5 heteroatoms. The normalized spacial score (nSPS) is 31.6. The van der Waals surface area contributed by atoms with E-state index in [4.69, 9.17) is 5.11 Å². The van der Waals surface area contributed by atoms with Gasteiger partial charge in [-0.25, -0.2) is 8.78 Å². The summed E-state index contributed by atoms with van der Waals surface area (Å²) in [6, 6.07) is 0. The fourth-order valence-corrected chi connectivity index (χ4v) is 1.22. The SMILES string of the molecule is COCCC1(C(=O)O)CC1(F)F. The topological polar surface area (TPSA) is 46.5 Å². The number of hydrogen-bond donors (Lipinski definition) is 1. The summed E-state index contributed by atoms with van der Waals surface area (Å²) in [6.07, 6.45) is -0.676. The van der Waals surface area contributed by atoms with Gasteiger partial charge in [0.15, 0.2) is 0 Å². The molecule has 1 atom stereocenters. The maximum Gasteiger partial charge on any atom is 0.316 e. The Balaban J connectivity index is 2.60. The molecule has 1 N–H and O–H groups in total. The molecule has 12 heavy (non-hydrogen) atoms. The van der Waals surface area contributed by atoms with Crippen LogP contribution in [0.15, 0.2) is 0 Å². The molecule has 1 rings (SSSR count). The molecule has 0 aromatic carbocycles. The van der Waals surface area contributed by atoms with E-state index in [1.165, 1.54) is 7.11 Å². The number of halogens is 2. The van der Waals surface area contributed by atoms with Crippen molar-refractivity contribution in [2.24, 2.45) is 5.41 Å². The molecule has 0 radical (unpaired) electrons. The first-order valence-corrected chi connectivity index (χ1v) is 3.56. The lowest BCUT2D eigenvalue weighted by Crippen LogP contribution is -2.23. The van der Waals surface area contributed by atoms with Crippen LogP contribution in [0.25, 0.3) is 0 Å². The molecule has 0 heterocycles. The average Bonchev–Trinajstić information content (AvgIpc) is 2.51. The highest BCUT2D eigenvalue weighted by molar-refractivity contribution is 5.80. The smallest absolute Gasteiger partial charge is 0.316 e. The van der Waals surface area contributed by atoms with Crippen LogP contribution in [0, 0.1) is 5.41 Å². The lowest BCUT2D eigenvalue weighted by Gasteiger charge is -2.09. The van der Waals surface area contributed by atoms with Crippen LogP contribution in [0.4, 0.5) is 8.78 Å². The standard InChI is InChI=1S/C7H10F2O3/c1-12-3-2-6(5(10)11)4-7(6,8)9/h2-4H2,1H3,(H,10,11). The van der Waals surface area contributed by atoms with Gasteiger partial charge in [0.05, 0.1) is 0 Å². The van der Waals surface area contributed by atoms with Crippen LogP contribution >= 0.6 is 0 Å². The van der Waals surface area contributed by atoms with Crippen LogP contribution in [0.3, 0.4) is 0 Å². The predicted octanol–water partition coefficient (Wildman–Crippen LogP) is 1.13. The predicted molar refractivity (Wildman–Crippen MR) is 36.1 cm³/mol. The third-order valence-electron chi connectivity index (χ3n) is 2.24. The van der Waals surface area contributed by atoms with Gasteiger partial charge in [0.1, 0.15) is 5.41 Å². The van der Waals surface area contributed by atoms with E-state index in [-0.39, 0.29) is 13.0 Å². The van der Waals surface area contributed by atoms with E-state index in [1.807, 2.05) is 0 Å². The van der Waals surface area contributed by atoms with Crippen LogP contribution in [-0.4, -0.2) is 30.7 Å². The van der Waals surface area contributed by atoms with Crippen LogP contribution in [0.5, 0.6) is 0 Å². The zero-order valence-electron chi connectivity index (χ0n) is 6.64. The second kappa shape index (κ2) is 2.65. The van der Waals surface area contributed by atoms with Gasteiger partial charge in [-0.2, -0.15) is 0 Å². The van der Waals surface area contributed by atoms with Crippen molar-refractivity contribution in [1.82, 2.24) is 0 Å². The molecule has 0 amide bonds. The van der Waals surface area contributed by atoms with Gasteiger partial charge < -0.3 is 9.84 Å². The monoisotopic (exact) mass is 180 g/mol. The van der Waals surface area contributed by atoms with Crippen molar-refractivity contribution in [2.45, 2.75) is 18.8 Å². The summed E-state index contributed by atoms with van der Waals surface area (Å²) < 4.78 is 29.7. The second-order valence-corrected chi connectivity index (χ2v) is 3.01. The third-order valence-corrected chi connectivity index (χ3v) is 2.24. The Hall–Kier alpha value is -0.710. The first kappa shape index (κ1) is 9.38. The molecular formula is C7H10F2O3. The van der Waals surface area contributed by atoms with E-state index in [0.717, 1.165) is 0 Å². The fraction of sp³-hybridized carbons (Fsp3) is 0.857. The van der Waals surface area contributed by atoms with Crippen molar-refractivity contribution in [1.29, 1.82) is 0 Å². The van der Waals surface area contributed by atoms with Gasteiger partial charge in [0.25, 0.3) is 5.92 Å². The van der Waals surface area contributed by atoms with E-state index in [1.54, 1.807) is 0 Å². The van der Waals surface area contributed by atoms with E-state index in [9.17, 15) is 13.6 Å². The summed E-state index contributed by atoms with van der Waals surface area (Å²) in [5.41, 5.74) is -1.84. The van der Waals surface area contributed by atoms with Crippen LogP contribution < -0.4 is 0 Å². The van der Waals surface area contributed by atoms with E-state index in [2.05, 4.69) is 4.74 Å². The zero-order chi connectivity index (χ0) is 9.41. The first-order chi connectivity index (χ1) is 5.46. The van der Waals surface area contributed by atoms with Crippen molar-refractivity contribution < 1.29 is 23.4 Å². The molecule has 70 valence electrons. The summed E-state index contributed by atoms with van der Waals surface area (Å²) in [5.74, 6) is -4.47. The summed E-state index contributed by atoms with van der Waals surface area (Å²) in [4.78, 5) is 10.5. The summed E-state index contributed by atoms with van der Waals surface area (Å²) in [5, 5.41) is 8.53. The Kier molecular flexibility index (Phi) is 2.07. The van der Waals surface area contributed by atoms with Crippen molar-refractivity contribution in [3.8, 4) is 0 Å². The largest absolute Gasteiger partial charge is 0.481 e. The number of hydrogen-bond acceptors (Lipinski definition) is 2. The molecule has 0 aliphatic heterocycles. The summed E-state index contributed by atoms with van der Waals surface area (Å²) in [7, 11) is 1.36. The number of aliphatic carboxylic acids is 1. The van der Waals surface area contributed by atoms with Crippen LogP contribution in [-0.2, 0) is 9.53 Å². The lowest BCUT2D eigenvalue weighted by atomic mass is 10.0. The maximum absolute atomic E-state index is 12.6. The minimum atomic E-state index is -3.04. The number of carbonyl (C=O) groups is 1. The van der Waals surface area contributed by atoms with Gasteiger partial charge in [0.2, 0.25) is 0 Å². The number of carboxylic acids is 1. The van der Waals surface area contributed by atoms with E-state index < -0.39 is 23.7 Å². The van der Waals surface area contributed by atoms with Gasteiger partial charge in [-0.1, -0.05) is 0 Å². The molecule has 0 saturated heterocycles. The Morgan fingerprint density at radius 2 is 2.17 bits per heavy atom. The van der Waals surface area contributed by atoms with Crippen LogP contribution in [0.2, 0.25) is 0 Å². The quantitative estimate of drug-likeness (QED) is 0.705. The number of ether oxygens (including phenoxy) is 1. The lowest BCUT2D eigenvalue weighted by molar-refractivity contribution is -0.148. The molecule has 1 saturated carbocycles. The number of alkyl halides is 2. The Bertz CT molecular complexity index is 205. The van der Waals surface area contributed by atoms with Gasteiger partial charge in [-0.15, -0.1) is 0 Å². The molecule has 1 aliphatic rings. The van der Waals surface area contributed by atoms with Gasteiger partial charge in [0, 0.05) is 20.1 Å². The molecule has 0 spiro atoms. The highest BCUT2D eigenvalue weighted by Gasteiger charge is 2.75. The molecule has 0 aromatic rings. The zero-order valence-corrected chi connectivity index (χ0v) is 6.64. The van der Waals surface area contributed by atoms with E-state index in [0.29, 0.717) is 0 Å². The summed E-state index contributed by atoms with van der Waals surface area (Å²) in [6.45, 7) is 0.0574. The number of methoxy groups -OCH3 is 1. The second-order valence-electron chi connectivity index (χ2n) is 3.01. The van der Waals surface area contributed by atoms with Gasteiger partial charge in [-0.3, -0.25) is 4.79 Å². The van der Waals surface area contributed by atoms with E-state index >= 15 is 0 Å². The minimum Gasteiger partial charge on any atom is -0.481 e. The fourth-order valence-electron chi connectivity index (χ4n) is 1.22. The third kappa shape index (κ3) is 1.18. The minimum absolute atomic E-state index is 0.0574. The highest BCUT2D eigenvalue weighted by Crippen LogP contribution is 2.62. The Morgan fingerprint density at radius 3 is 2.42 bits per heavy atom. The highest BCUT2D eigenvalue weighted by atomic mass is 19.3. The van der Waals surface area contributed by atoms with Crippen molar-refractivity contribution in [3.63, 3.8) is 0 Å². The van der Waals surface area contributed by atoms with Crippen molar-refractivity contribution in [3.05, 3.63) is 0 Å². The molecular weight excluding hydrogens is 170 g/mol. The molecule has 0 bridgehead atoms. The Labute approximate surface area is 68.3 Å². The number of carboxylic acid groups (broad SMARTS) is 1. The van der Waals surface area contributed by atoms with Gasteiger partial charge in [-0.05, 0) is 6.42 Å². The maximum atomic E-state index is 12.6. The van der Waals surface area contributed by atoms with Crippen LogP contribution in [0.1, 0.15) is 12.8 Å². The molecule has 1 fully saturated rings. The molecule has 1 unspecified atom stereocenters. The van der Waals surface area contributed by atoms with Crippen molar-refractivity contribution >= 4 is 5.97 Å². The summed E-state index contributed by atoms with van der Waals surface area (Å²) >= 11 is 0.